The number of aliphatic hydroxyl groups is 1. The topological polar surface area (TPSA) is 46.5 Å². The maximum atomic E-state index is 11.0. The number of ether oxygens (including phenoxy) is 1. The normalized spacial score (nSPS) is 12.3. The lowest BCUT2D eigenvalue weighted by Crippen LogP contribution is -2.05. The van der Waals surface area contributed by atoms with Crippen LogP contribution in [0.4, 0.5) is 0 Å². The number of hydrogen-bond donors (Lipinski definition) is 1. The summed E-state index contributed by atoms with van der Waals surface area (Å²) in [5, 5.41) is 9.89. The van der Waals surface area contributed by atoms with E-state index in [4.69, 9.17) is 0 Å². The molecule has 0 saturated carbocycles. The highest BCUT2D eigenvalue weighted by Gasteiger charge is 2.03. The van der Waals surface area contributed by atoms with Gasteiger partial charge < -0.3 is 9.84 Å². The number of esters is 1. The molecule has 162 valence electrons. The molecule has 3 heteroatoms. The number of hydrogen-bond acceptors (Lipinski definition) is 3. The zero-order chi connectivity index (χ0) is 20.0. The van der Waals surface area contributed by atoms with Crippen LogP contribution in [-0.4, -0.2) is 24.3 Å². The Bertz CT molecular complexity index is 304. The molecule has 1 unspecified atom stereocenters. The fourth-order valence-electron chi connectivity index (χ4n) is 3.65. The summed E-state index contributed by atoms with van der Waals surface area (Å²) in [6, 6.07) is 0. The first-order valence-electron chi connectivity index (χ1n) is 12.0. The van der Waals surface area contributed by atoms with Crippen LogP contribution in [0.5, 0.6) is 0 Å². The van der Waals surface area contributed by atoms with Crippen molar-refractivity contribution < 1.29 is 14.6 Å². The number of methoxy groups -OCH3 is 1. The SMILES string of the molecule is CCCCCC(O)CCCCCCCCCCCCCCCCC(=O)OC. The molecule has 1 atom stereocenters. The molecule has 0 spiro atoms. The molecule has 1 N–H and O–H groups in total. The van der Waals surface area contributed by atoms with Gasteiger partial charge in [0.25, 0.3) is 0 Å². The average Bonchev–Trinajstić information content (AvgIpc) is 2.67. The van der Waals surface area contributed by atoms with Crippen LogP contribution in [0.3, 0.4) is 0 Å². The lowest BCUT2D eigenvalue weighted by atomic mass is 10.0. The summed E-state index contributed by atoms with van der Waals surface area (Å²) in [5.41, 5.74) is 0. The van der Waals surface area contributed by atoms with Gasteiger partial charge in [-0.2, -0.15) is 0 Å². The number of rotatable bonds is 21. The highest BCUT2D eigenvalue weighted by molar-refractivity contribution is 5.68. The lowest BCUT2D eigenvalue weighted by molar-refractivity contribution is -0.140. The predicted molar refractivity (Wildman–Crippen MR) is 116 cm³/mol. The van der Waals surface area contributed by atoms with Crippen molar-refractivity contribution in [1.29, 1.82) is 0 Å². The van der Waals surface area contributed by atoms with Crippen LogP contribution in [0.15, 0.2) is 0 Å². The first-order valence-corrected chi connectivity index (χ1v) is 12.0. The quantitative estimate of drug-likeness (QED) is 0.166. The van der Waals surface area contributed by atoms with Crippen LogP contribution in [0.2, 0.25) is 0 Å². The third-order valence-corrected chi connectivity index (χ3v) is 5.54. The van der Waals surface area contributed by atoms with Crippen molar-refractivity contribution in [2.45, 2.75) is 141 Å². The van der Waals surface area contributed by atoms with Crippen LogP contribution in [-0.2, 0) is 9.53 Å². The summed E-state index contributed by atoms with van der Waals surface area (Å²) in [6.45, 7) is 2.21. The van der Waals surface area contributed by atoms with E-state index in [1.807, 2.05) is 0 Å². The van der Waals surface area contributed by atoms with Gasteiger partial charge >= 0.3 is 5.97 Å². The van der Waals surface area contributed by atoms with Crippen molar-refractivity contribution in [3.63, 3.8) is 0 Å². The molecule has 0 bridgehead atoms. The Balaban J connectivity index is 3.09. The average molecular weight is 385 g/mol. The maximum Gasteiger partial charge on any atom is 0.305 e. The summed E-state index contributed by atoms with van der Waals surface area (Å²) in [5.74, 6) is -0.0741. The third-order valence-electron chi connectivity index (χ3n) is 5.54. The minimum absolute atomic E-state index is 0.0515. The van der Waals surface area contributed by atoms with E-state index in [1.54, 1.807) is 0 Å². The molecule has 0 aromatic rings. The van der Waals surface area contributed by atoms with Gasteiger partial charge in [-0.1, -0.05) is 110 Å². The van der Waals surface area contributed by atoms with Crippen LogP contribution in [0.1, 0.15) is 135 Å². The van der Waals surface area contributed by atoms with Gasteiger partial charge in [0.1, 0.15) is 0 Å². The molecule has 3 nitrogen and oxygen atoms in total. The van der Waals surface area contributed by atoms with Gasteiger partial charge in [-0.3, -0.25) is 4.79 Å². The van der Waals surface area contributed by atoms with E-state index in [0.29, 0.717) is 6.42 Å². The molecule has 0 aliphatic carbocycles. The van der Waals surface area contributed by atoms with E-state index in [0.717, 1.165) is 25.7 Å². The zero-order valence-corrected chi connectivity index (χ0v) is 18.5. The molecule has 0 aromatic heterocycles. The molecule has 0 aromatic carbocycles. The molecule has 0 aliphatic rings. The van der Waals surface area contributed by atoms with Gasteiger partial charge in [-0.05, 0) is 19.3 Å². The Morgan fingerprint density at radius 2 is 1.04 bits per heavy atom. The van der Waals surface area contributed by atoms with Crippen molar-refractivity contribution in [2.75, 3.05) is 7.11 Å². The predicted octanol–water partition coefficient (Wildman–Crippen LogP) is 7.34. The van der Waals surface area contributed by atoms with Crippen LogP contribution in [0, 0.1) is 0 Å². The number of carbonyl (C=O) groups is 1. The molecule has 0 radical (unpaired) electrons. The first kappa shape index (κ1) is 26.4. The van der Waals surface area contributed by atoms with Crippen LogP contribution >= 0.6 is 0 Å². The molecule has 0 heterocycles. The van der Waals surface area contributed by atoms with Gasteiger partial charge in [-0.25, -0.2) is 0 Å². The second-order valence-electron chi connectivity index (χ2n) is 8.21. The summed E-state index contributed by atoms with van der Waals surface area (Å²) in [7, 11) is 1.46. The minimum atomic E-state index is -0.0741. The molecule has 0 amide bonds. The molecular weight excluding hydrogens is 336 g/mol. The summed E-state index contributed by atoms with van der Waals surface area (Å²) in [4.78, 5) is 11.0. The highest BCUT2D eigenvalue weighted by atomic mass is 16.5. The van der Waals surface area contributed by atoms with Crippen LogP contribution in [0.25, 0.3) is 0 Å². The van der Waals surface area contributed by atoms with Gasteiger partial charge in [-0.15, -0.1) is 0 Å². The summed E-state index contributed by atoms with van der Waals surface area (Å²) in [6.07, 6.45) is 24.4. The van der Waals surface area contributed by atoms with Gasteiger partial charge in [0.05, 0.1) is 13.2 Å². The molecular formula is C24H48O3. The van der Waals surface area contributed by atoms with Gasteiger partial charge in [0.2, 0.25) is 0 Å². The third kappa shape index (κ3) is 21.6. The fraction of sp³-hybridized carbons (Fsp3) is 0.958. The van der Waals surface area contributed by atoms with E-state index >= 15 is 0 Å². The molecule has 27 heavy (non-hydrogen) atoms. The molecule has 0 fully saturated rings. The molecule has 0 saturated heterocycles. The van der Waals surface area contributed by atoms with Gasteiger partial charge in [0, 0.05) is 6.42 Å². The fourth-order valence-corrected chi connectivity index (χ4v) is 3.65. The Kier molecular flexibility index (Phi) is 21.3. The number of carbonyl (C=O) groups excluding carboxylic acids is 1. The van der Waals surface area contributed by atoms with E-state index < -0.39 is 0 Å². The Morgan fingerprint density at radius 1 is 0.667 bits per heavy atom. The van der Waals surface area contributed by atoms with E-state index in [-0.39, 0.29) is 12.1 Å². The first-order chi connectivity index (χ1) is 13.2. The smallest absolute Gasteiger partial charge is 0.305 e. The zero-order valence-electron chi connectivity index (χ0n) is 18.5. The van der Waals surface area contributed by atoms with Crippen molar-refractivity contribution in [3.05, 3.63) is 0 Å². The highest BCUT2D eigenvalue weighted by Crippen LogP contribution is 2.15. The summed E-state index contributed by atoms with van der Waals surface area (Å²) < 4.78 is 4.65. The largest absolute Gasteiger partial charge is 0.469 e. The maximum absolute atomic E-state index is 11.0. The minimum Gasteiger partial charge on any atom is -0.469 e. The molecule has 0 rings (SSSR count). The van der Waals surface area contributed by atoms with Crippen molar-refractivity contribution >= 4 is 5.97 Å². The van der Waals surface area contributed by atoms with E-state index in [2.05, 4.69) is 11.7 Å². The Labute approximate surface area is 169 Å². The second kappa shape index (κ2) is 21.7. The Morgan fingerprint density at radius 3 is 1.44 bits per heavy atom. The van der Waals surface area contributed by atoms with E-state index in [9.17, 15) is 9.90 Å². The molecule has 0 aliphatic heterocycles. The van der Waals surface area contributed by atoms with Crippen LogP contribution < -0.4 is 0 Å². The monoisotopic (exact) mass is 384 g/mol. The van der Waals surface area contributed by atoms with Crippen molar-refractivity contribution in [2.24, 2.45) is 0 Å². The summed E-state index contributed by atoms with van der Waals surface area (Å²) >= 11 is 0. The lowest BCUT2D eigenvalue weighted by Gasteiger charge is -2.09. The number of aliphatic hydroxyl groups excluding tert-OH is 1. The number of unbranched alkanes of at least 4 members (excludes halogenated alkanes) is 15. The second-order valence-corrected chi connectivity index (χ2v) is 8.21. The van der Waals surface area contributed by atoms with Crippen molar-refractivity contribution in [1.82, 2.24) is 0 Å². The van der Waals surface area contributed by atoms with E-state index in [1.165, 1.54) is 103 Å². The Hall–Kier alpha value is -0.570. The standard InChI is InChI=1S/C24H48O3/c1-3-4-17-20-23(25)21-18-15-13-11-9-7-5-6-8-10-12-14-16-19-22-24(26)27-2/h23,25H,3-22H2,1-2H3. The van der Waals surface area contributed by atoms with Crippen molar-refractivity contribution in [3.8, 4) is 0 Å². The van der Waals surface area contributed by atoms with Gasteiger partial charge in [0.15, 0.2) is 0 Å².